The van der Waals surface area contributed by atoms with Crippen molar-refractivity contribution >= 4 is 23.6 Å². The molecule has 1 aromatic carbocycles. The molecule has 0 N–H and O–H groups in total. The number of carbonyl (C=O) groups excluding carboxylic acids is 1. The third-order valence-electron chi connectivity index (χ3n) is 4.20. The minimum absolute atomic E-state index is 0.0692. The van der Waals surface area contributed by atoms with Crippen molar-refractivity contribution in [3.8, 4) is 5.88 Å². The second kappa shape index (κ2) is 9.40. The first-order valence-electron chi connectivity index (χ1n) is 8.62. The maximum absolute atomic E-state index is 13.7. The Kier molecular flexibility index (Phi) is 6.88. The Bertz CT molecular complexity index is 943. The number of hydrogen-bond acceptors (Lipinski definition) is 4. The molecule has 0 radical (unpaired) electrons. The van der Waals surface area contributed by atoms with Gasteiger partial charge in [-0.25, -0.2) is 26.9 Å². The van der Waals surface area contributed by atoms with Crippen LogP contribution in [0, 0.1) is 29.1 Å². The fraction of sp³-hybridized carbons (Fsp3) is 0.263. The molecule has 30 heavy (non-hydrogen) atoms. The van der Waals surface area contributed by atoms with E-state index in [4.69, 9.17) is 21.1 Å². The molecule has 1 aliphatic rings. The third kappa shape index (κ3) is 4.88. The number of aromatic nitrogens is 1. The van der Waals surface area contributed by atoms with E-state index in [0.29, 0.717) is 17.0 Å². The van der Waals surface area contributed by atoms with Gasteiger partial charge >= 0.3 is 0 Å². The second-order valence-electron chi connectivity index (χ2n) is 6.22. The molecule has 1 aliphatic heterocycles. The van der Waals surface area contributed by atoms with E-state index < -0.39 is 46.7 Å². The Balaban J connectivity index is 1.63. The molecule has 1 amide bonds. The number of pyridine rings is 1. The summed E-state index contributed by atoms with van der Waals surface area (Å²) >= 11 is 5.73. The fourth-order valence-electron chi connectivity index (χ4n) is 2.67. The van der Waals surface area contributed by atoms with Crippen LogP contribution >= 0.6 is 11.6 Å². The fourth-order valence-corrected chi connectivity index (χ4v) is 2.79. The topological polar surface area (TPSA) is 51.7 Å². The summed E-state index contributed by atoms with van der Waals surface area (Å²) in [5.74, 6) is -10.8. The number of morpholine rings is 1. The zero-order valence-corrected chi connectivity index (χ0v) is 15.9. The summed E-state index contributed by atoms with van der Waals surface area (Å²) in [5, 5.41) is 0.439. The van der Waals surface area contributed by atoms with Gasteiger partial charge in [0.15, 0.2) is 23.3 Å². The van der Waals surface area contributed by atoms with Crippen molar-refractivity contribution in [2.75, 3.05) is 26.3 Å². The van der Waals surface area contributed by atoms with Crippen LogP contribution in [-0.4, -0.2) is 48.2 Å². The summed E-state index contributed by atoms with van der Waals surface area (Å²) in [7, 11) is 0. The van der Waals surface area contributed by atoms with Gasteiger partial charge in [-0.15, -0.1) is 0 Å². The van der Waals surface area contributed by atoms with Crippen molar-refractivity contribution in [1.82, 2.24) is 9.88 Å². The first-order chi connectivity index (χ1) is 14.3. The zero-order chi connectivity index (χ0) is 21.8. The van der Waals surface area contributed by atoms with Gasteiger partial charge in [-0.3, -0.25) is 4.79 Å². The van der Waals surface area contributed by atoms with Crippen LogP contribution in [0.3, 0.4) is 0 Å². The molecule has 2 heterocycles. The normalized spacial score (nSPS) is 16.9. The SMILES string of the molecule is O=C(C=Cc1c(F)c(F)c(F)c(F)c1F)N1CCOC(COc2ccc(Cl)cn2)C1. The number of ether oxygens (including phenoxy) is 2. The van der Waals surface area contributed by atoms with Crippen LogP contribution in [0.25, 0.3) is 6.08 Å². The van der Waals surface area contributed by atoms with Gasteiger partial charge in [-0.05, 0) is 12.1 Å². The maximum atomic E-state index is 13.7. The van der Waals surface area contributed by atoms with Crippen LogP contribution in [0.4, 0.5) is 22.0 Å². The summed E-state index contributed by atoms with van der Waals surface area (Å²) in [6.45, 7) is 0.508. The Hall–Kier alpha value is -2.72. The predicted octanol–water partition coefficient (Wildman–Crippen LogP) is 3.75. The monoisotopic (exact) mass is 448 g/mol. The van der Waals surface area contributed by atoms with Crippen molar-refractivity contribution in [3.63, 3.8) is 0 Å². The molecule has 3 rings (SSSR count). The lowest BCUT2D eigenvalue weighted by atomic mass is 10.1. The van der Waals surface area contributed by atoms with E-state index in [1.807, 2.05) is 0 Å². The molecule has 1 unspecified atom stereocenters. The molecule has 1 fully saturated rings. The van der Waals surface area contributed by atoms with Crippen molar-refractivity contribution in [2.24, 2.45) is 0 Å². The number of halogens is 6. The second-order valence-corrected chi connectivity index (χ2v) is 6.66. The largest absolute Gasteiger partial charge is 0.475 e. The van der Waals surface area contributed by atoms with Crippen molar-refractivity contribution in [3.05, 3.63) is 64.1 Å². The van der Waals surface area contributed by atoms with E-state index in [0.717, 1.165) is 6.08 Å². The molecule has 160 valence electrons. The van der Waals surface area contributed by atoms with Crippen LogP contribution in [0.2, 0.25) is 5.02 Å². The summed E-state index contributed by atoms with van der Waals surface area (Å²) in [5.41, 5.74) is -1.19. The van der Waals surface area contributed by atoms with Gasteiger partial charge in [0.1, 0.15) is 12.7 Å². The maximum Gasteiger partial charge on any atom is 0.246 e. The molecule has 0 aliphatic carbocycles. The molecule has 0 saturated carbocycles. The lowest BCUT2D eigenvalue weighted by Crippen LogP contribution is -2.47. The Morgan fingerprint density at radius 3 is 2.47 bits per heavy atom. The molecule has 0 spiro atoms. The number of hydrogen-bond donors (Lipinski definition) is 0. The third-order valence-corrected chi connectivity index (χ3v) is 4.43. The summed E-state index contributed by atoms with van der Waals surface area (Å²) in [6, 6.07) is 3.15. The van der Waals surface area contributed by atoms with Crippen LogP contribution in [0.1, 0.15) is 5.56 Å². The van der Waals surface area contributed by atoms with Gasteiger partial charge < -0.3 is 14.4 Å². The molecular formula is C19H14ClF5N2O3. The lowest BCUT2D eigenvalue weighted by Gasteiger charge is -2.32. The van der Waals surface area contributed by atoms with Crippen molar-refractivity contribution in [2.45, 2.75) is 6.10 Å². The average Bonchev–Trinajstić information content (AvgIpc) is 2.76. The molecule has 2 aromatic rings. The predicted molar refractivity (Wildman–Crippen MR) is 96.3 cm³/mol. The van der Waals surface area contributed by atoms with E-state index in [2.05, 4.69) is 4.98 Å². The highest BCUT2D eigenvalue weighted by atomic mass is 35.5. The number of carbonyl (C=O) groups is 1. The zero-order valence-electron chi connectivity index (χ0n) is 15.2. The number of rotatable bonds is 5. The summed E-state index contributed by atoms with van der Waals surface area (Å²) in [4.78, 5) is 17.6. The Morgan fingerprint density at radius 2 is 1.83 bits per heavy atom. The van der Waals surface area contributed by atoms with E-state index in [1.165, 1.54) is 11.1 Å². The van der Waals surface area contributed by atoms with Gasteiger partial charge in [0, 0.05) is 24.9 Å². The number of amides is 1. The number of nitrogens with zero attached hydrogens (tertiary/aromatic N) is 2. The Morgan fingerprint density at radius 1 is 1.17 bits per heavy atom. The molecular weight excluding hydrogens is 435 g/mol. The van der Waals surface area contributed by atoms with Crippen LogP contribution in [0.15, 0.2) is 24.4 Å². The van der Waals surface area contributed by atoms with E-state index >= 15 is 0 Å². The number of benzene rings is 1. The molecule has 0 bridgehead atoms. The highest BCUT2D eigenvalue weighted by Crippen LogP contribution is 2.24. The van der Waals surface area contributed by atoms with Crippen molar-refractivity contribution in [1.29, 1.82) is 0 Å². The highest BCUT2D eigenvalue weighted by molar-refractivity contribution is 6.30. The van der Waals surface area contributed by atoms with Crippen molar-refractivity contribution < 1.29 is 36.2 Å². The van der Waals surface area contributed by atoms with E-state index in [-0.39, 0.29) is 26.3 Å². The Labute approximate surface area is 172 Å². The summed E-state index contributed by atoms with van der Waals surface area (Å²) < 4.78 is 77.9. The highest BCUT2D eigenvalue weighted by Gasteiger charge is 2.26. The first kappa shape index (κ1) is 22.0. The van der Waals surface area contributed by atoms with E-state index in [1.54, 1.807) is 12.1 Å². The van der Waals surface area contributed by atoms with Crippen LogP contribution in [-0.2, 0) is 9.53 Å². The van der Waals surface area contributed by atoms with Gasteiger partial charge in [0.2, 0.25) is 17.6 Å². The summed E-state index contributed by atoms with van der Waals surface area (Å²) in [6.07, 6.45) is 2.18. The molecule has 5 nitrogen and oxygen atoms in total. The smallest absolute Gasteiger partial charge is 0.246 e. The van der Waals surface area contributed by atoms with Gasteiger partial charge in [-0.1, -0.05) is 11.6 Å². The lowest BCUT2D eigenvalue weighted by molar-refractivity contribution is -0.134. The van der Waals surface area contributed by atoms with Gasteiger partial charge in [-0.2, -0.15) is 0 Å². The first-order valence-corrected chi connectivity index (χ1v) is 9.00. The molecule has 11 heteroatoms. The van der Waals surface area contributed by atoms with Crippen LogP contribution in [0.5, 0.6) is 5.88 Å². The quantitative estimate of drug-likeness (QED) is 0.302. The molecule has 1 saturated heterocycles. The van der Waals surface area contributed by atoms with Crippen LogP contribution < -0.4 is 4.74 Å². The van der Waals surface area contributed by atoms with E-state index in [9.17, 15) is 26.7 Å². The minimum Gasteiger partial charge on any atom is -0.475 e. The molecule has 1 aromatic heterocycles. The van der Waals surface area contributed by atoms with Gasteiger partial charge in [0.25, 0.3) is 0 Å². The standard InChI is InChI=1S/C19H14ClF5N2O3/c20-10-1-3-13(26-7-10)30-9-11-8-27(5-6-29-11)14(28)4-2-12-15(21)17(23)19(25)18(24)16(12)22/h1-4,7,11H,5-6,8-9H2. The average molecular weight is 449 g/mol. The minimum atomic E-state index is -2.26. The van der Waals surface area contributed by atoms with Gasteiger partial charge in [0.05, 0.1) is 23.7 Å². The molecule has 1 atom stereocenters.